The van der Waals surface area contributed by atoms with Crippen LogP contribution in [0.2, 0.25) is 0 Å². The average Bonchev–Trinajstić information content (AvgIpc) is 3.31. The number of aromatic nitrogens is 1. The van der Waals surface area contributed by atoms with Crippen molar-refractivity contribution in [3.8, 4) is 5.75 Å². The minimum atomic E-state index is -0.282. The predicted molar refractivity (Wildman–Crippen MR) is 117 cm³/mol. The highest BCUT2D eigenvalue weighted by molar-refractivity contribution is 5.91. The van der Waals surface area contributed by atoms with Crippen molar-refractivity contribution in [3.63, 3.8) is 0 Å². The van der Waals surface area contributed by atoms with Crippen molar-refractivity contribution >= 4 is 17.9 Å². The first kappa shape index (κ1) is 21.8. The zero-order valence-corrected chi connectivity index (χ0v) is 17.3. The number of nitrogens with zero attached hydrogens (tertiary/aromatic N) is 1. The Morgan fingerprint density at radius 2 is 2.06 bits per heavy atom. The summed E-state index contributed by atoms with van der Waals surface area (Å²) in [5, 5.41) is 5.61. The molecule has 0 fully saturated rings. The summed E-state index contributed by atoms with van der Waals surface area (Å²) in [4.78, 5) is 28.2. The van der Waals surface area contributed by atoms with Crippen LogP contribution in [0.15, 0.2) is 77.6 Å². The average molecular weight is 419 g/mol. The van der Waals surface area contributed by atoms with Crippen LogP contribution in [-0.2, 0) is 16.2 Å². The molecule has 7 heteroatoms. The van der Waals surface area contributed by atoms with Gasteiger partial charge >= 0.3 is 0 Å². The SMILES string of the molecule is CC(NC(=O)CCNC(=O)/C=C/c1ccco1)c1cccc(OCc2ccccn2)c1. The summed E-state index contributed by atoms with van der Waals surface area (Å²) in [6.07, 6.45) is 6.38. The highest BCUT2D eigenvalue weighted by Gasteiger charge is 2.11. The topological polar surface area (TPSA) is 93.5 Å². The van der Waals surface area contributed by atoms with Crippen molar-refractivity contribution in [1.82, 2.24) is 15.6 Å². The fourth-order valence-corrected chi connectivity index (χ4v) is 2.81. The van der Waals surface area contributed by atoms with Crippen LogP contribution in [0.5, 0.6) is 5.75 Å². The number of ether oxygens (including phenoxy) is 1. The smallest absolute Gasteiger partial charge is 0.244 e. The van der Waals surface area contributed by atoms with Crippen molar-refractivity contribution in [2.45, 2.75) is 26.0 Å². The first-order valence-corrected chi connectivity index (χ1v) is 10.0. The Morgan fingerprint density at radius 1 is 1.16 bits per heavy atom. The number of pyridine rings is 1. The zero-order valence-electron chi connectivity index (χ0n) is 17.3. The molecule has 1 unspecified atom stereocenters. The van der Waals surface area contributed by atoms with Crippen LogP contribution in [-0.4, -0.2) is 23.3 Å². The molecular formula is C24H25N3O4. The number of hydrogen-bond donors (Lipinski definition) is 2. The fraction of sp³-hybridized carbons (Fsp3) is 0.208. The normalized spacial score (nSPS) is 11.8. The van der Waals surface area contributed by atoms with E-state index in [0.717, 1.165) is 11.3 Å². The molecule has 0 aliphatic heterocycles. The second-order valence-corrected chi connectivity index (χ2v) is 6.86. The van der Waals surface area contributed by atoms with E-state index in [1.165, 1.54) is 12.3 Å². The third kappa shape index (κ3) is 7.47. The second kappa shape index (κ2) is 11.3. The third-order valence-electron chi connectivity index (χ3n) is 4.44. The van der Waals surface area contributed by atoms with Gasteiger partial charge in [0.2, 0.25) is 11.8 Å². The van der Waals surface area contributed by atoms with E-state index in [4.69, 9.17) is 9.15 Å². The molecule has 31 heavy (non-hydrogen) atoms. The first-order valence-electron chi connectivity index (χ1n) is 10.0. The first-order chi connectivity index (χ1) is 15.1. The van der Waals surface area contributed by atoms with Gasteiger partial charge in [-0.25, -0.2) is 0 Å². The number of amides is 2. The van der Waals surface area contributed by atoms with Crippen LogP contribution >= 0.6 is 0 Å². The predicted octanol–water partition coefficient (Wildman–Crippen LogP) is 3.65. The Labute approximate surface area is 181 Å². The summed E-state index contributed by atoms with van der Waals surface area (Å²) in [7, 11) is 0. The van der Waals surface area contributed by atoms with Gasteiger partial charge in [0.1, 0.15) is 18.1 Å². The number of rotatable bonds is 10. The number of carbonyl (C=O) groups excluding carboxylic acids is 2. The van der Waals surface area contributed by atoms with Crippen molar-refractivity contribution in [1.29, 1.82) is 0 Å². The fourth-order valence-electron chi connectivity index (χ4n) is 2.81. The van der Waals surface area contributed by atoms with E-state index in [9.17, 15) is 9.59 Å². The Balaban J connectivity index is 1.41. The summed E-state index contributed by atoms with van der Waals surface area (Å²) in [6, 6.07) is 16.6. The van der Waals surface area contributed by atoms with Gasteiger partial charge in [-0.3, -0.25) is 14.6 Å². The van der Waals surface area contributed by atoms with Crippen molar-refractivity contribution < 1.29 is 18.7 Å². The lowest BCUT2D eigenvalue weighted by atomic mass is 10.1. The summed E-state index contributed by atoms with van der Waals surface area (Å²) >= 11 is 0. The van der Waals surface area contributed by atoms with Gasteiger partial charge in [0.25, 0.3) is 0 Å². The van der Waals surface area contributed by atoms with Crippen molar-refractivity contribution in [2.75, 3.05) is 6.54 Å². The van der Waals surface area contributed by atoms with E-state index < -0.39 is 0 Å². The Bertz CT molecular complexity index is 1000. The quantitative estimate of drug-likeness (QED) is 0.489. The number of nitrogens with one attached hydrogen (secondary N) is 2. The molecule has 3 rings (SSSR count). The molecule has 0 spiro atoms. The van der Waals surface area contributed by atoms with Gasteiger partial charge in [-0.2, -0.15) is 0 Å². The van der Waals surface area contributed by atoms with E-state index >= 15 is 0 Å². The molecule has 2 N–H and O–H groups in total. The van der Waals surface area contributed by atoms with E-state index in [-0.39, 0.29) is 30.8 Å². The standard InChI is InChI=1S/C24H25N3O4/c1-18(19-6-4-8-22(16-19)31-17-20-7-2-3-13-25-20)27-24(29)12-14-26-23(28)11-10-21-9-5-15-30-21/h2-11,13,15-16,18H,12,14,17H2,1H3,(H,26,28)(H,27,29)/b11-10+. The molecule has 0 aliphatic carbocycles. The van der Waals surface area contributed by atoms with E-state index in [0.29, 0.717) is 18.1 Å². The maximum absolute atomic E-state index is 12.2. The molecule has 0 aliphatic rings. The van der Waals surface area contributed by atoms with Crippen LogP contribution in [0, 0.1) is 0 Å². The lowest BCUT2D eigenvalue weighted by Gasteiger charge is -2.16. The minimum Gasteiger partial charge on any atom is -0.487 e. The van der Waals surface area contributed by atoms with Gasteiger partial charge in [-0.1, -0.05) is 18.2 Å². The van der Waals surface area contributed by atoms with Gasteiger partial charge in [-0.15, -0.1) is 0 Å². The van der Waals surface area contributed by atoms with E-state index in [1.807, 2.05) is 49.4 Å². The van der Waals surface area contributed by atoms with E-state index in [1.54, 1.807) is 24.4 Å². The molecule has 0 saturated heterocycles. The molecule has 160 valence electrons. The highest BCUT2D eigenvalue weighted by atomic mass is 16.5. The van der Waals surface area contributed by atoms with Crippen LogP contribution in [0.25, 0.3) is 6.08 Å². The van der Waals surface area contributed by atoms with Crippen LogP contribution < -0.4 is 15.4 Å². The van der Waals surface area contributed by atoms with Gasteiger partial charge in [0, 0.05) is 25.2 Å². The third-order valence-corrected chi connectivity index (χ3v) is 4.44. The van der Waals surface area contributed by atoms with Gasteiger partial charge in [-0.05, 0) is 55.0 Å². The summed E-state index contributed by atoms with van der Waals surface area (Å²) in [6.45, 7) is 2.52. The molecule has 0 bridgehead atoms. The van der Waals surface area contributed by atoms with Gasteiger partial charge in [0.15, 0.2) is 0 Å². The van der Waals surface area contributed by atoms with Gasteiger partial charge in [0.05, 0.1) is 18.0 Å². The Morgan fingerprint density at radius 3 is 2.84 bits per heavy atom. The molecule has 3 aromatic rings. The summed E-state index contributed by atoms with van der Waals surface area (Å²) < 4.78 is 10.9. The number of carbonyl (C=O) groups is 2. The Kier molecular flexibility index (Phi) is 7.99. The molecule has 1 aromatic carbocycles. The number of furan rings is 1. The summed E-state index contributed by atoms with van der Waals surface area (Å²) in [5.41, 5.74) is 1.77. The molecule has 2 aromatic heterocycles. The molecule has 0 saturated carbocycles. The minimum absolute atomic E-state index is 0.150. The van der Waals surface area contributed by atoms with Crippen LogP contribution in [0.3, 0.4) is 0 Å². The maximum atomic E-state index is 12.2. The highest BCUT2D eigenvalue weighted by Crippen LogP contribution is 2.20. The van der Waals surface area contributed by atoms with Crippen LogP contribution in [0.1, 0.15) is 36.4 Å². The lowest BCUT2D eigenvalue weighted by molar-refractivity contribution is -0.121. The molecule has 7 nitrogen and oxygen atoms in total. The maximum Gasteiger partial charge on any atom is 0.244 e. The number of hydrogen-bond acceptors (Lipinski definition) is 5. The lowest BCUT2D eigenvalue weighted by Crippen LogP contribution is -2.31. The van der Waals surface area contributed by atoms with Crippen molar-refractivity contribution in [3.05, 3.63) is 90.2 Å². The summed E-state index contributed by atoms with van der Waals surface area (Å²) in [5.74, 6) is 0.866. The Hall–Kier alpha value is -3.87. The molecule has 2 amide bonds. The zero-order chi connectivity index (χ0) is 21.9. The van der Waals surface area contributed by atoms with Crippen molar-refractivity contribution in [2.24, 2.45) is 0 Å². The van der Waals surface area contributed by atoms with Gasteiger partial charge < -0.3 is 19.8 Å². The van der Waals surface area contributed by atoms with Crippen LogP contribution in [0.4, 0.5) is 0 Å². The van der Waals surface area contributed by atoms with E-state index in [2.05, 4.69) is 15.6 Å². The molecule has 1 atom stereocenters. The largest absolute Gasteiger partial charge is 0.487 e. The number of benzene rings is 1. The molecule has 0 radical (unpaired) electrons. The molecule has 2 heterocycles. The second-order valence-electron chi connectivity index (χ2n) is 6.86. The monoisotopic (exact) mass is 419 g/mol. The molecular weight excluding hydrogens is 394 g/mol.